The van der Waals surface area contributed by atoms with Crippen LogP contribution in [0.25, 0.3) is 0 Å². The van der Waals surface area contributed by atoms with E-state index in [-0.39, 0.29) is 21.9 Å². The van der Waals surface area contributed by atoms with Gasteiger partial charge in [-0.05, 0) is 32.0 Å². The summed E-state index contributed by atoms with van der Waals surface area (Å²) in [7, 11) is -4.06. The molecule has 0 aliphatic heterocycles. The van der Waals surface area contributed by atoms with Crippen LogP contribution in [-0.2, 0) is 19.6 Å². The van der Waals surface area contributed by atoms with Crippen LogP contribution in [0.3, 0.4) is 0 Å². The highest BCUT2D eigenvalue weighted by Gasteiger charge is 2.25. The van der Waals surface area contributed by atoms with Crippen LogP contribution < -0.4 is 4.72 Å². The molecule has 0 radical (unpaired) electrons. The summed E-state index contributed by atoms with van der Waals surface area (Å²) in [5.41, 5.74) is -0.0649. The second-order valence-corrected chi connectivity index (χ2v) is 6.89. The normalized spacial score (nSPS) is 11.4. The Morgan fingerprint density at radius 2 is 1.92 bits per heavy atom. The molecule has 1 aromatic heterocycles. The molecular formula is C15H14F2N2O6S. The number of ether oxygens (including phenoxy) is 1. The zero-order chi connectivity index (χ0) is 19.5. The van der Waals surface area contributed by atoms with Crippen LogP contribution in [0, 0.1) is 25.5 Å². The number of hydrogen-bond donors (Lipinski definition) is 1. The number of hydrogen-bond acceptors (Lipinski definition) is 7. The van der Waals surface area contributed by atoms with Gasteiger partial charge in [-0.2, -0.15) is 4.72 Å². The summed E-state index contributed by atoms with van der Waals surface area (Å²) in [6.07, 6.45) is 0. The van der Waals surface area contributed by atoms with E-state index in [0.29, 0.717) is 6.07 Å². The van der Waals surface area contributed by atoms with Gasteiger partial charge in [0.05, 0.1) is 0 Å². The Morgan fingerprint density at radius 3 is 2.50 bits per heavy atom. The van der Waals surface area contributed by atoms with Gasteiger partial charge in [0.25, 0.3) is 0 Å². The molecule has 0 aliphatic carbocycles. The lowest BCUT2D eigenvalue weighted by molar-refractivity contribution is -0.141. The Kier molecular flexibility index (Phi) is 5.83. The zero-order valence-corrected chi connectivity index (χ0v) is 14.5. The Balaban J connectivity index is 1.91. The molecule has 26 heavy (non-hydrogen) atoms. The van der Waals surface area contributed by atoms with E-state index >= 15 is 0 Å². The third kappa shape index (κ3) is 4.49. The molecule has 1 aromatic carbocycles. The zero-order valence-electron chi connectivity index (χ0n) is 13.7. The number of halogens is 2. The lowest BCUT2D eigenvalue weighted by atomic mass is 10.1. The molecule has 2 rings (SSSR count). The lowest BCUT2D eigenvalue weighted by Gasteiger charge is -2.07. The number of nitrogens with zero attached hydrogens (tertiary/aromatic N) is 1. The first-order chi connectivity index (χ1) is 12.1. The summed E-state index contributed by atoms with van der Waals surface area (Å²) in [5, 5.41) is 3.50. The van der Waals surface area contributed by atoms with E-state index in [1.807, 2.05) is 4.72 Å². The highest BCUT2D eigenvalue weighted by atomic mass is 32.2. The number of sulfonamides is 1. The summed E-state index contributed by atoms with van der Waals surface area (Å²) >= 11 is 0. The van der Waals surface area contributed by atoms with Crippen LogP contribution in [-0.4, -0.2) is 38.5 Å². The van der Waals surface area contributed by atoms with Crippen LogP contribution in [0.5, 0.6) is 0 Å². The molecule has 0 bridgehead atoms. The molecule has 0 fully saturated rings. The van der Waals surface area contributed by atoms with Crippen molar-refractivity contribution in [3.8, 4) is 0 Å². The fraction of sp³-hybridized carbons (Fsp3) is 0.267. The predicted molar refractivity (Wildman–Crippen MR) is 82.8 cm³/mol. The summed E-state index contributed by atoms with van der Waals surface area (Å²) in [6.45, 7) is 1.33. The van der Waals surface area contributed by atoms with Crippen molar-refractivity contribution in [2.45, 2.75) is 18.7 Å². The van der Waals surface area contributed by atoms with Gasteiger partial charge >= 0.3 is 5.97 Å². The number of carbonyl (C=O) groups is 2. The van der Waals surface area contributed by atoms with Crippen molar-refractivity contribution in [1.82, 2.24) is 9.88 Å². The Hall–Kier alpha value is -2.66. The monoisotopic (exact) mass is 388 g/mol. The third-order valence-electron chi connectivity index (χ3n) is 3.25. The van der Waals surface area contributed by atoms with Crippen LogP contribution >= 0.6 is 0 Å². The molecular weight excluding hydrogens is 374 g/mol. The quantitative estimate of drug-likeness (QED) is 0.561. The second-order valence-electron chi connectivity index (χ2n) is 5.19. The molecule has 140 valence electrons. The maximum absolute atomic E-state index is 13.1. The summed E-state index contributed by atoms with van der Waals surface area (Å²) < 4.78 is 61.5. The first-order valence-electron chi connectivity index (χ1n) is 7.18. The molecule has 1 heterocycles. The topological polar surface area (TPSA) is 116 Å². The molecule has 0 saturated carbocycles. The number of ketones is 1. The number of esters is 1. The predicted octanol–water partition coefficient (Wildman–Crippen LogP) is 1.27. The van der Waals surface area contributed by atoms with Gasteiger partial charge in [-0.1, -0.05) is 5.16 Å². The van der Waals surface area contributed by atoms with Crippen molar-refractivity contribution in [1.29, 1.82) is 0 Å². The molecule has 2 aromatic rings. The highest BCUT2D eigenvalue weighted by Crippen LogP contribution is 2.18. The molecule has 0 unspecified atom stereocenters. The van der Waals surface area contributed by atoms with Crippen molar-refractivity contribution < 1.29 is 36.0 Å². The number of rotatable bonds is 7. The van der Waals surface area contributed by atoms with Crippen LogP contribution in [0.15, 0.2) is 27.6 Å². The minimum atomic E-state index is -4.06. The van der Waals surface area contributed by atoms with Crippen LogP contribution in [0.1, 0.15) is 21.8 Å². The minimum Gasteiger partial charge on any atom is -0.456 e. The number of nitrogens with one attached hydrogen (secondary N) is 1. The number of Topliss-reactive ketones (excluding diaryl/α,β-unsaturated/α-hetero) is 1. The molecule has 0 atom stereocenters. The van der Waals surface area contributed by atoms with Gasteiger partial charge in [-0.25, -0.2) is 17.2 Å². The number of benzene rings is 1. The average molecular weight is 388 g/mol. The third-order valence-corrected chi connectivity index (χ3v) is 4.89. The van der Waals surface area contributed by atoms with Gasteiger partial charge in [-0.15, -0.1) is 0 Å². The van der Waals surface area contributed by atoms with Gasteiger partial charge in [0.1, 0.15) is 17.1 Å². The van der Waals surface area contributed by atoms with E-state index in [1.54, 1.807) is 0 Å². The van der Waals surface area contributed by atoms with E-state index in [2.05, 4.69) is 9.89 Å². The lowest BCUT2D eigenvalue weighted by Crippen LogP contribution is -2.32. The average Bonchev–Trinajstić information content (AvgIpc) is 2.92. The van der Waals surface area contributed by atoms with E-state index < -0.39 is 46.6 Å². The standard InChI is InChI=1S/C15H14F2N2O6S/c1-8-15(9(2)25-19-8)26(22,23)18-6-14(21)24-7-13(20)10-3-4-11(16)12(17)5-10/h3-5,18H,6-7H2,1-2H3. The van der Waals surface area contributed by atoms with Crippen molar-refractivity contribution >= 4 is 21.8 Å². The van der Waals surface area contributed by atoms with Crippen molar-refractivity contribution in [2.24, 2.45) is 0 Å². The highest BCUT2D eigenvalue weighted by molar-refractivity contribution is 7.89. The number of aromatic nitrogens is 1. The van der Waals surface area contributed by atoms with E-state index in [4.69, 9.17) is 4.52 Å². The van der Waals surface area contributed by atoms with Gasteiger partial charge < -0.3 is 9.26 Å². The van der Waals surface area contributed by atoms with E-state index in [1.165, 1.54) is 13.8 Å². The smallest absolute Gasteiger partial charge is 0.321 e. The van der Waals surface area contributed by atoms with Crippen LogP contribution in [0.4, 0.5) is 8.78 Å². The van der Waals surface area contributed by atoms with E-state index in [9.17, 15) is 26.8 Å². The summed E-state index contributed by atoms with van der Waals surface area (Å²) in [4.78, 5) is 23.2. The molecule has 0 saturated heterocycles. The van der Waals surface area contributed by atoms with Gasteiger partial charge in [0, 0.05) is 5.56 Å². The van der Waals surface area contributed by atoms with Crippen molar-refractivity contribution in [2.75, 3.05) is 13.2 Å². The number of carbonyl (C=O) groups excluding carboxylic acids is 2. The molecule has 8 nitrogen and oxygen atoms in total. The van der Waals surface area contributed by atoms with Crippen LogP contribution in [0.2, 0.25) is 0 Å². The molecule has 11 heteroatoms. The Bertz CT molecular complexity index is 936. The first kappa shape index (κ1) is 19.7. The molecule has 0 spiro atoms. The SMILES string of the molecule is Cc1noc(C)c1S(=O)(=O)NCC(=O)OCC(=O)c1ccc(F)c(F)c1. The fourth-order valence-corrected chi connectivity index (χ4v) is 3.33. The summed E-state index contributed by atoms with van der Waals surface area (Å²) in [5.74, 6) is -4.08. The maximum atomic E-state index is 13.1. The van der Waals surface area contributed by atoms with Gasteiger partial charge in [-0.3, -0.25) is 9.59 Å². The Labute approximate surface area is 147 Å². The fourth-order valence-electron chi connectivity index (χ4n) is 2.03. The number of aryl methyl sites for hydroxylation is 2. The first-order valence-corrected chi connectivity index (χ1v) is 8.66. The van der Waals surface area contributed by atoms with Gasteiger partial charge in [0.2, 0.25) is 10.0 Å². The van der Waals surface area contributed by atoms with Crippen molar-refractivity contribution in [3.05, 3.63) is 46.9 Å². The summed E-state index contributed by atoms with van der Waals surface area (Å²) in [6, 6.07) is 2.47. The molecule has 1 N–H and O–H groups in total. The maximum Gasteiger partial charge on any atom is 0.321 e. The Morgan fingerprint density at radius 1 is 1.23 bits per heavy atom. The van der Waals surface area contributed by atoms with E-state index in [0.717, 1.165) is 12.1 Å². The molecule has 0 amide bonds. The molecule has 0 aliphatic rings. The largest absolute Gasteiger partial charge is 0.456 e. The minimum absolute atomic E-state index is 0.0527. The van der Waals surface area contributed by atoms with Gasteiger partial charge in [0.15, 0.2) is 29.8 Å². The second kappa shape index (κ2) is 7.70. The van der Waals surface area contributed by atoms with Crippen molar-refractivity contribution in [3.63, 3.8) is 0 Å².